The number of hydrogen-bond acceptors (Lipinski definition) is 1. The van der Waals surface area contributed by atoms with Crippen molar-refractivity contribution in [2.75, 3.05) is 0 Å². The van der Waals surface area contributed by atoms with E-state index in [2.05, 4.69) is 62.5 Å². The predicted molar refractivity (Wildman–Crippen MR) is 104 cm³/mol. The molecule has 0 fully saturated rings. The summed E-state index contributed by atoms with van der Waals surface area (Å²) in [5.41, 5.74) is 7.81. The highest BCUT2D eigenvalue weighted by atomic mass is 16.1. The molecular formula is C23H29NO. The zero-order chi connectivity index (χ0) is 17.8. The fraction of sp³-hybridized carbons (Fsp3) is 0.435. The van der Waals surface area contributed by atoms with E-state index in [1.54, 1.807) is 0 Å². The van der Waals surface area contributed by atoms with Gasteiger partial charge in [-0.25, -0.2) is 0 Å². The van der Waals surface area contributed by atoms with Crippen molar-refractivity contribution < 1.29 is 4.79 Å². The van der Waals surface area contributed by atoms with Gasteiger partial charge in [0.05, 0.1) is 12.5 Å². The average molecular weight is 335 g/mol. The molecule has 2 nitrogen and oxygen atoms in total. The van der Waals surface area contributed by atoms with Crippen LogP contribution in [-0.4, -0.2) is 5.91 Å². The largest absolute Gasteiger partial charge is 0.349 e. The lowest BCUT2D eigenvalue weighted by atomic mass is 9.88. The number of amides is 1. The summed E-state index contributed by atoms with van der Waals surface area (Å²) in [4.78, 5) is 12.5. The molecule has 0 bridgehead atoms. The first-order chi connectivity index (χ1) is 12.1. The van der Waals surface area contributed by atoms with E-state index in [1.165, 1.54) is 53.5 Å². The van der Waals surface area contributed by atoms with Crippen molar-refractivity contribution in [2.24, 2.45) is 0 Å². The SMILES string of the molecule is CCC(NC(=O)Cc1ccc(C)c(C)c1)c1ccc2c(c1)CCCC2. The normalized spacial score (nSPS) is 14.7. The van der Waals surface area contributed by atoms with E-state index in [0.29, 0.717) is 6.42 Å². The topological polar surface area (TPSA) is 29.1 Å². The standard InChI is InChI=1S/C23H29NO/c1-4-22(21-12-11-19-7-5-6-8-20(19)15-21)24-23(25)14-18-10-9-16(2)17(3)13-18/h9-13,15,22H,4-8,14H2,1-3H3,(H,24,25). The Bertz CT molecular complexity index is 763. The van der Waals surface area contributed by atoms with Gasteiger partial charge in [0.2, 0.25) is 5.91 Å². The molecule has 3 rings (SSSR count). The Morgan fingerprint density at radius 2 is 1.76 bits per heavy atom. The zero-order valence-corrected chi connectivity index (χ0v) is 15.7. The third-order valence-corrected chi connectivity index (χ3v) is 5.45. The van der Waals surface area contributed by atoms with Crippen LogP contribution in [0.1, 0.15) is 65.6 Å². The number of hydrogen-bond donors (Lipinski definition) is 1. The van der Waals surface area contributed by atoms with Crippen LogP contribution in [0.2, 0.25) is 0 Å². The molecule has 0 saturated carbocycles. The van der Waals surface area contributed by atoms with Gasteiger partial charge in [-0.1, -0.05) is 43.3 Å². The van der Waals surface area contributed by atoms with Gasteiger partial charge in [-0.2, -0.15) is 0 Å². The minimum atomic E-state index is 0.103. The summed E-state index contributed by atoms with van der Waals surface area (Å²) in [6, 6.07) is 13.2. The second-order valence-electron chi connectivity index (χ2n) is 7.36. The van der Waals surface area contributed by atoms with Gasteiger partial charge < -0.3 is 5.32 Å². The summed E-state index contributed by atoms with van der Waals surface area (Å²) in [5, 5.41) is 3.23. The van der Waals surface area contributed by atoms with Crippen molar-refractivity contribution in [3.05, 3.63) is 69.8 Å². The monoisotopic (exact) mass is 335 g/mol. The first kappa shape index (κ1) is 17.7. The Hall–Kier alpha value is -2.09. The maximum atomic E-state index is 12.5. The number of fused-ring (bicyclic) bond motifs is 1. The second kappa shape index (κ2) is 7.86. The molecule has 25 heavy (non-hydrogen) atoms. The van der Waals surface area contributed by atoms with Crippen LogP contribution in [0.3, 0.4) is 0 Å². The molecule has 0 radical (unpaired) electrons. The van der Waals surface area contributed by atoms with E-state index in [9.17, 15) is 4.79 Å². The maximum Gasteiger partial charge on any atom is 0.224 e. The summed E-state index contributed by atoms with van der Waals surface area (Å²) in [6.07, 6.45) is 6.32. The van der Waals surface area contributed by atoms with Crippen molar-refractivity contribution >= 4 is 5.91 Å². The van der Waals surface area contributed by atoms with Gasteiger partial charge in [-0.15, -0.1) is 0 Å². The van der Waals surface area contributed by atoms with Crippen LogP contribution in [0, 0.1) is 13.8 Å². The Morgan fingerprint density at radius 3 is 2.48 bits per heavy atom. The van der Waals surface area contributed by atoms with Crippen molar-refractivity contribution in [3.63, 3.8) is 0 Å². The third kappa shape index (κ3) is 4.31. The van der Waals surface area contributed by atoms with Crippen LogP contribution in [0.4, 0.5) is 0 Å². The van der Waals surface area contributed by atoms with E-state index in [-0.39, 0.29) is 11.9 Å². The molecule has 2 heteroatoms. The Balaban J connectivity index is 1.69. The molecule has 1 amide bonds. The maximum absolute atomic E-state index is 12.5. The summed E-state index contributed by atoms with van der Waals surface area (Å²) >= 11 is 0. The molecule has 1 aliphatic rings. The average Bonchev–Trinajstić information content (AvgIpc) is 2.62. The predicted octanol–water partition coefficient (Wildman–Crippen LogP) is 4.99. The van der Waals surface area contributed by atoms with Gasteiger partial charge in [0.15, 0.2) is 0 Å². The molecule has 1 unspecified atom stereocenters. The lowest BCUT2D eigenvalue weighted by molar-refractivity contribution is -0.121. The molecule has 2 aromatic rings. The van der Waals surface area contributed by atoms with E-state index in [1.807, 2.05) is 0 Å². The Morgan fingerprint density at radius 1 is 1.00 bits per heavy atom. The molecule has 1 N–H and O–H groups in total. The first-order valence-corrected chi connectivity index (χ1v) is 9.54. The highest BCUT2D eigenvalue weighted by Gasteiger charge is 2.16. The molecule has 0 aromatic heterocycles. The molecule has 1 aliphatic carbocycles. The Labute approximate surface area is 151 Å². The van der Waals surface area contributed by atoms with Crippen LogP contribution in [0.5, 0.6) is 0 Å². The fourth-order valence-corrected chi connectivity index (χ4v) is 3.74. The highest BCUT2D eigenvalue weighted by molar-refractivity contribution is 5.79. The lowest BCUT2D eigenvalue weighted by Crippen LogP contribution is -2.29. The summed E-state index contributed by atoms with van der Waals surface area (Å²) in [6.45, 7) is 6.33. The van der Waals surface area contributed by atoms with Gasteiger partial charge in [-0.05, 0) is 79.3 Å². The van der Waals surface area contributed by atoms with Crippen molar-refractivity contribution in [2.45, 2.75) is 65.3 Å². The first-order valence-electron chi connectivity index (χ1n) is 9.54. The van der Waals surface area contributed by atoms with Gasteiger partial charge in [0.1, 0.15) is 0 Å². The number of carbonyl (C=O) groups is 1. The number of benzene rings is 2. The third-order valence-electron chi connectivity index (χ3n) is 5.45. The van der Waals surface area contributed by atoms with Gasteiger partial charge in [0, 0.05) is 0 Å². The number of rotatable bonds is 5. The number of nitrogens with one attached hydrogen (secondary N) is 1. The fourth-order valence-electron chi connectivity index (χ4n) is 3.74. The number of aryl methyl sites for hydroxylation is 4. The zero-order valence-electron chi connectivity index (χ0n) is 15.7. The highest BCUT2D eigenvalue weighted by Crippen LogP contribution is 2.26. The minimum Gasteiger partial charge on any atom is -0.349 e. The van der Waals surface area contributed by atoms with Crippen molar-refractivity contribution in [1.82, 2.24) is 5.32 Å². The summed E-state index contributed by atoms with van der Waals surface area (Å²) < 4.78 is 0. The van der Waals surface area contributed by atoms with Crippen molar-refractivity contribution in [1.29, 1.82) is 0 Å². The van der Waals surface area contributed by atoms with Crippen LogP contribution in [0.25, 0.3) is 0 Å². The van der Waals surface area contributed by atoms with E-state index in [0.717, 1.165) is 12.0 Å². The second-order valence-corrected chi connectivity index (χ2v) is 7.36. The Kier molecular flexibility index (Phi) is 5.57. The van der Waals surface area contributed by atoms with Gasteiger partial charge in [-0.3, -0.25) is 4.79 Å². The van der Waals surface area contributed by atoms with Crippen LogP contribution in [-0.2, 0) is 24.1 Å². The summed E-state index contributed by atoms with van der Waals surface area (Å²) in [7, 11) is 0. The molecule has 1 atom stereocenters. The van der Waals surface area contributed by atoms with E-state index >= 15 is 0 Å². The van der Waals surface area contributed by atoms with Crippen LogP contribution in [0.15, 0.2) is 36.4 Å². The lowest BCUT2D eigenvalue weighted by Gasteiger charge is -2.22. The van der Waals surface area contributed by atoms with Crippen LogP contribution >= 0.6 is 0 Å². The molecule has 2 aromatic carbocycles. The molecular weight excluding hydrogens is 306 g/mol. The molecule has 0 spiro atoms. The van der Waals surface area contributed by atoms with Gasteiger partial charge in [0.25, 0.3) is 0 Å². The molecule has 0 heterocycles. The number of carbonyl (C=O) groups excluding carboxylic acids is 1. The van der Waals surface area contributed by atoms with E-state index < -0.39 is 0 Å². The quantitative estimate of drug-likeness (QED) is 0.819. The molecule has 0 aliphatic heterocycles. The van der Waals surface area contributed by atoms with E-state index in [4.69, 9.17) is 0 Å². The smallest absolute Gasteiger partial charge is 0.224 e. The molecule has 0 saturated heterocycles. The van der Waals surface area contributed by atoms with Crippen molar-refractivity contribution in [3.8, 4) is 0 Å². The molecule has 132 valence electrons. The summed E-state index contributed by atoms with van der Waals surface area (Å²) in [5.74, 6) is 0.104. The minimum absolute atomic E-state index is 0.103. The van der Waals surface area contributed by atoms with Crippen LogP contribution < -0.4 is 5.32 Å². The van der Waals surface area contributed by atoms with Gasteiger partial charge >= 0.3 is 0 Å².